The van der Waals surface area contributed by atoms with Crippen molar-refractivity contribution in [2.75, 3.05) is 6.16 Å². The molecule has 0 amide bonds. The van der Waals surface area contributed by atoms with Gasteiger partial charge in [-0.05, 0) is 25.7 Å². The molecule has 1 atom stereocenters. The summed E-state index contributed by atoms with van der Waals surface area (Å²) in [6.45, 7) is 1.63. The Morgan fingerprint density at radius 1 is 1.67 bits per heavy atom. The predicted molar refractivity (Wildman–Crippen MR) is 43.4 cm³/mol. The summed E-state index contributed by atoms with van der Waals surface area (Å²) >= 11 is 0. The largest absolute Gasteiger partial charge is 0.327 e. The number of nitrogens with zero attached hydrogens (tertiary/aromatic N) is 1. The summed E-state index contributed by atoms with van der Waals surface area (Å²) in [4.78, 5) is 17.4. The van der Waals surface area contributed by atoms with E-state index in [9.17, 15) is 4.57 Å². The maximum atomic E-state index is 10.7. The van der Waals surface area contributed by atoms with Gasteiger partial charge in [0.05, 0.1) is 17.6 Å². The van der Waals surface area contributed by atoms with Crippen molar-refractivity contribution in [1.82, 2.24) is 0 Å². The quantitative estimate of drug-likeness (QED) is 0.651. The molecule has 0 aromatic rings. The SMILES string of the molecule is CC(C#N)(CP(=O)(O)O)C1CC1. The van der Waals surface area contributed by atoms with Crippen LogP contribution in [0.4, 0.5) is 0 Å². The average Bonchev–Trinajstić information content (AvgIpc) is 2.64. The summed E-state index contributed by atoms with van der Waals surface area (Å²) in [6.07, 6.45) is 1.54. The number of hydrogen-bond acceptors (Lipinski definition) is 2. The summed E-state index contributed by atoms with van der Waals surface area (Å²) in [7, 11) is -4.04. The van der Waals surface area contributed by atoms with Gasteiger partial charge in [-0.2, -0.15) is 5.26 Å². The lowest BCUT2D eigenvalue weighted by atomic mass is 9.89. The van der Waals surface area contributed by atoms with E-state index < -0.39 is 13.0 Å². The summed E-state index contributed by atoms with van der Waals surface area (Å²) in [5.41, 5.74) is -0.820. The minimum absolute atomic E-state index is 0.190. The van der Waals surface area contributed by atoms with Crippen molar-refractivity contribution in [1.29, 1.82) is 5.26 Å². The third-order valence-electron chi connectivity index (χ3n) is 2.27. The van der Waals surface area contributed by atoms with Gasteiger partial charge in [0.15, 0.2) is 0 Å². The van der Waals surface area contributed by atoms with Crippen LogP contribution in [0.25, 0.3) is 0 Å². The highest BCUT2D eigenvalue weighted by Crippen LogP contribution is 2.52. The molecular formula is C7H12NO3P. The molecule has 5 heteroatoms. The molecule has 0 aromatic heterocycles. The molecular weight excluding hydrogens is 177 g/mol. The number of hydrogen-bond donors (Lipinski definition) is 2. The van der Waals surface area contributed by atoms with Crippen LogP contribution in [0.15, 0.2) is 0 Å². The molecule has 0 aromatic carbocycles. The molecule has 12 heavy (non-hydrogen) atoms. The zero-order valence-electron chi connectivity index (χ0n) is 6.90. The molecule has 68 valence electrons. The third-order valence-corrected chi connectivity index (χ3v) is 3.34. The highest BCUT2D eigenvalue weighted by molar-refractivity contribution is 7.51. The van der Waals surface area contributed by atoms with Gasteiger partial charge >= 0.3 is 7.60 Å². The zero-order chi connectivity index (χ0) is 9.41. The molecule has 0 aliphatic heterocycles. The van der Waals surface area contributed by atoms with Crippen molar-refractivity contribution in [3.63, 3.8) is 0 Å². The van der Waals surface area contributed by atoms with Gasteiger partial charge in [0.1, 0.15) is 0 Å². The highest BCUT2D eigenvalue weighted by atomic mass is 31.2. The molecule has 2 N–H and O–H groups in total. The Hall–Kier alpha value is -0.360. The Labute approximate surface area is 71.4 Å². The molecule has 0 spiro atoms. The molecule has 1 unspecified atom stereocenters. The summed E-state index contributed by atoms with van der Waals surface area (Å²) in [6, 6.07) is 2.00. The molecule has 4 nitrogen and oxygen atoms in total. The van der Waals surface area contributed by atoms with E-state index in [1.54, 1.807) is 6.92 Å². The van der Waals surface area contributed by atoms with E-state index in [2.05, 4.69) is 0 Å². The second-order valence-electron chi connectivity index (χ2n) is 3.63. The lowest BCUT2D eigenvalue weighted by molar-refractivity contribution is 0.334. The summed E-state index contributed by atoms with van der Waals surface area (Å²) in [5, 5.41) is 8.77. The maximum Gasteiger partial charge on any atom is 0.327 e. The van der Waals surface area contributed by atoms with Gasteiger partial charge in [0.2, 0.25) is 0 Å². The van der Waals surface area contributed by atoms with Crippen molar-refractivity contribution in [3.8, 4) is 6.07 Å². The Morgan fingerprint density at radius 2 is 2.17 bits per heavy atom. The lowest BCUT2D eigenvalue weighted by Crippen LogP contribution is -2.21. The Morgan fingerprint density at radius 3 is 2.42 bits per heavy atom. The van der Waals surface area contributed by atoms with Crippen LogP contribution < -0.4 is 0 Å². The van der Waals surface area contributed by atoms with Crippen LogP contribution in [0.1, 0.15) is 19.8 Å². The van der Waals surface area contributed by atoms with Crippen LogP contribution >= 0.6 is 7.60 Å². The van der Waals surface area contributed by atoms with Crippen LogP contribution in [0, 0.1) is 22.7 Å². The molecule has 1 aliphatic rings. The zero-order valence-corrected chi connectivity index (χ0v) is 7.79. The standard InChI is InChI=1S/C7H12NO3P/c1-7(4-8,6-2-3-6)5-12(9,10)11/h6H,2-3,5H2,1H3,(H2,9,10,11). The highest BCUT2D eigenvalue weighted by Gasteiger charge is 2.45. The normalized spacial score (nSPS) is 22.8. The summed E-state index contributed by atoms with van der Waals surface area (Å²) in [5.74, 6) is 0.190. The van der Waals surface area contributed by atoms with Crippen LogP contribution in [0.3, 0.4) is 0 Å². The first-order valence-corrected chi connectivity index (χ1v) is 5.63. The van der Waals surface area contributed by atoms with Crippen molar-refractivity contribution >= 4 is 7.60 Å². The topological polar surface area (TPSA) is 81.3 Å². The fourth-order valence-electron chi connectivity index (χ4n) is 1.40. The summed E-state index contributed by atoms with van der Waals surface area (Å²) < 4.78 is 10.7. The van der Waals surface area contributed by atoms with E-state index >= 15 is 0 Å². The second kappa shape index (κ2) is 2.85. The van der Waals surface area contributed by atoms with Crippen molar-refractivity contribution in [2.45, 2.75) is 19.8 Å². The monoisotopic (exact) mass is 189 g/mol. The molecule has 0 bridgehead atoms. The first-order chi connectivity index (χ1) is 5.37. The smallest absolute Gasteiger partial charge is 0.324 e. The average molecular weight is 189 g/mol. The molecule has 0 saturated heterocycles. The molecule has 1 fully saturated rings. The molecule has 1 saturated carbocycles. The Bertz CT molecular complexity index is 262. The van der Waals surface area contributed by atoms with Gasteiger partial charge in [-0.25, -0.2) is 0 Å². The van der Waals surface area contributed by atoms with E-state index in [1.165, 1.54) is 0 Å². The van der Waals surface area contributed by atoms with E-state index in [1.807, 2.05) is 6.07 Å². The molecule has 0 radical (unpaired) electrons. The van der Waals surface area contributed by atoms with E-state index in [4.69, 9.17) is 15.0 Å². The Kier molecular flexibility index (Phi) is 2.31. The first kappa shape index (κ1) is 9.73. The minimum Gasteiger partial charge on any atom is -0.324 e. The molecule has 1 rings (SSSR count). The van der Waals surface area contributed by atoms with Gasteiger partial charge in [0.25, 0.3) is 0 Å². The molecule has 1 aliphatic carbocycles. The molecule has 0 heterocycles. The van der Waals surface area contributed by atoms with Crippen LogP contribution in [0.5, 0.6) is 0 Å². The van der Waals surface area contributed by atoms with Crippen LogP contribution in [-0.4, -0.2) is 15.9 Å². The fourth-order valence-corrected chi connectivity index (χ4v) is 2.59. The van der Waals surface area contributed by atoms with Gasteiger partial charge in [-0.15, -0.1) is 0 Å². The third kappa shape index (κ3) is 2.31. The maximum absolute atomic E-state index is 10.7. The van der Waals surface area contributed by atoms with Gasteiger partial charge in [-0.3, -0.25) is 4.57 Å². The fraction of sp³-hybridized carbons (Fsp3) is 0.857. The van der Waals surface area contributed by atoms with Crippen LogP contribution in [-0.2, 0) is 4.57 Å². The van der Waals surface area contributed by atoms with Crippen molar-refractivity contribution in [3.05, 3.63) is 0 Å². The van der Waals surface area contributed by atoms with Crippen LogP contribution in [0.2, 0.25) is 0 Å². The number of nitriles is 1. The number of rotatable bonds is 3. The minimum atomic E-state index is -4.04. The second-order valence-corrected chi connectivity index (χ2v) is 5.27. The van der Waals surface area contributed by atoms with Gasteiger partial charge < -0.3 is 9.79 Å². The van der Waals surface area contributed by atoms with E-state index in [0.717, 1.165) is 12.8 Å². The van der Waals surface area contributed by atoms with E-state index in [0.29, 0.717) is 0 Å². The van der Waals surface area contributed by atoms with Crippen molar-refractivity contribution in [2.24, 2.45) is 11.3 Å². The van der Waals surface area contributed by atoms with Crippen molar-refractivity contribution < 1.29 is 14.4 Å². The lowest BCUT2D eigenvalue weighted by Gasteiger charge is -2.20. The van der Waals surface area contributed by atoms with E-state index in [-0.39, 0.29) is 12.1 Å². The van der Waals surface area contributed by atoms with Gasteiger partial charge in [0, 0.05) is 0 Å². The Balaban J connectivity index is 2.69. The first-order valence-electron chi connectivity index (χ1n) is 3.83. The van der Waals surface area contributed by atoms with Gasteiger partial charge in [-0.1, -0.05) is 0 Å². The predicted octanol–water partition coefficient (Wildman–Crippen LogP) is 1.10.